The smallest absolute Gasteiger partial charge is 0.224 e. The Morgan fingerprint density at radius 3 is 2.43 bits per heavy atom. The molecule has 0 aliphatic rings. The van der Waals surface area contributed by atoms with Crippen molar-refractivity contribution in [2.45, 2.75) is 39.5 Å². The maximum absolute atomic E-state index is 12.0. The summed E-state index contributed by atoms with van der Waals surface area (Å²) < 4.78 is 10.5. The Balaban J connectivity index is 3.01. The van der Waals surface area contributed by atoms with Gasteiger partial charge in [-0.3, -0.25) is 4.79 Å². The van der Waals surface area contributed by atoms with Crippen molar-refractivity contribution in [1.82, 2.24) is 5.32 Å². The van der Waals surface area contributed by atoms with Crippen LogP contribution in [0, 0.1) is 6.92 Å². The van der Waals surface area contributed by atoms with E-state index in [1.807, 2.05) is 13.0 Å². The van der Waals surface area contributed by atoms with E-state index in [4.69, 9.17) is 9.47 Å². The topological polar surface area (TPSA) is 47.6 Å². The number of methoxy groups -OCH3 is 2. The minimum Gasteiger partial charge on any atom is -0.496 e. The van der Waals surface area contributed by atoms with Crippen molar-refractivity contribution in [3.63, 3.8) is 0 Å². The number of aryl methyl sites for hydroxylation is 1. The number of amides is 1. The third-order valence-electron chi connectivity index (χ3n) is 3.30. The van der Waals surface area contributed by atoms with Crippen LogP contribution in [0.5, 0.6) is 5.75 Å². The summed E-state index contributed by atoms with van der Waals surface area (Å²) in [6, 6.07) is 4.15. The Hall–Kier alpha value is -1.55. The molecule has 1 rings (SSSR count). The molecule has 1 aromatic rings. The highest BCUT2D eigenvalue weighted by atomic mass is 16.5. The van der Waals surface area contributed by atoms with Crippen LogP contribution >= 0.6 is 0 Å². The molecular weight excluding hydrogens is 266 g/mol. The van der Waals surface area contributed by atoms with Crippen molar-refractivity contribution in [2.24, 2.45) is 0 Å². The molecule has 0 heterocycles. The highest BCUT2D eigenvalue weighted by Crippen LogP contribution is 2.35. The molecule has 0 aliphatic carbocycles. The van der Waals surface area contributed by atoms with E-state index in [2.05, 4.69) is 32.2 Å². The number of ether oxygens (including phenoxy) is 2. The highest BCUT2D eigenvalue weighted by molar-refractivity contribution is 5.79. The van der Waals surface area contributed by atoms with E-state index in [9.17, 15) is 4.79 Å². The van der Waals surface area contributed by atoms with E-state index >= 15 is 0 Å². The first kappa shape index (κ1) is 17.5. The number of nitrogens with one attached hydrogen (secondary N) is 1. The zero-order valence-corrected chi connectivity index (χ0v) is 14.0. The number of rotatable bonds is 6. The van der Waals surface area contributed by atoms with Crippen molar-refractivity contribution < 1.29 is 14.3 Å². The van der Waals surface area contributed by atoms with Gasteiger partial charge in [0.1, 0.15) is 5.75 Å². The summed E-state index contributed by atoms with van der Waals surface area (Å²) in [7, 11) is 3.28. The SMILES string of the molecule is COCCNC(=O)Cc1cc(C)cc(C(C)(C)C)c1OC. The lowest BCUT2D eigenvalue weighted by molar-refractivity contribution is -0.120. The summed E-state index contributed by atoms with van der Waals surface area (Å²) in [6.45, 7) is 9.52. The predicted molar refractivity (Wildman–Crippen MR) is 85.0 cm³/mol. The largest absolute Gasteiger partial charge is 0.496 e. The van der Waals surface area contributed by atoms with Gasteiger partial charge in [-0.05, 0) is 12.3 Å². The molecule has 0 unspecified atom stereocenters. The van der Waals surface area contributed by atoms with E-state index in [0.29, 0.717) is 19.6 Å². The first-order valence-electron chi connectivity index (χ1n) is 7.23. The Bertz CT molecular complexity index is 490. The molecule has 0 radical (unpaired) electrons. The molecule has 4 heteroatoms. The Labute approximate surface area is 127 Å². The minimum atomic E-state index is -0.0291. The summed E-state index contributed by atoms with van der Waals surface area (Å²) in [5, 5.41) is 2.84. The second kappa shape index (κ2) is 7.46. The van der Waals surface area contributed by atoms with Crippen LogP contribution in [0.25, 0.3) is 0 Å². The molecule has 1 aromatic carbocycles. The number of carbonyl (C=O) groups is 1. The molecule has 0 saturated carbocycles. The van der Waals surface area contributed by atoms with Gasteiger partial charge in [-0.15, -0.1) is 0 Å². The molecule has 0 aliphatic heterocycles. The van der Waals surface area contributed by atoms with Crippen LogP contribution in [-0.4, -0.2) is 33.3 Å². The van der Waals surface area contributed by atoms with Gasteiger partial charge in [-0.1, -0.05) is 38.5 Å². The third kappa shape index (κ3) is 5.05. The van der Waals surface area contributed by atoms with Crippen molar-refractivity contribution >= 4 is 5.91 Å². The molecule has 1 amide bonds. The minimum absolute atomic E-state index is 0.0178. The zero-order chi connectivity index (χ0) is 16.0. The second-order valence-corrected chi connectivity index (χ2v) is 6.27. The Morgan fingerprint density at radius 2 is 1.90 bits per heavy atom. The summed E-state index contributed by atoms with van der Waals surface area (Å²) >= 11 is 0. The average Bonchev–Trinajstić information content (AvgIpc) is 2.37. The predicted octanol–water partition coefficient (Wildman–Crippen LogP) is 2.61. The van der Waals surface area contributed by atoms with E-state index in [1.54, 1.807) is 14.2 Å². The molecule has 1 N–H and O–H groups in total. The number of carbonyl (C=O) groups excluding carboxylic acids is 1. The van der Waals surface area contributed by atoms with E-state index < -0.39 is 0 Å². The maximum Gasteiger partial charge on any atom is 0.224 e. The summed E-state index contributed by atoms with van der Waals surface area (Å²) in [4.78, 5) is 12.0. The van der Waals surface area contributed by atoms with Gasteiger partial charge in [-0.2, -0.15) is 0 Å². The van der Waals surface area contributed by atoms with Crippen molar-refractivity contribution in [1.29, 1.82) is 0 Å². The lowest BCUT2D eigenvalue weighted by Gasteiger charge is -2.24. The maximum atomic E-state index is 12.0. The van der Waals surface area contributed by atoms with Gasteiger partial charge in [0.25, 0.3) is 0 Å². The fourth-order valence-electron chi connectivity index (χ4n) is 2.31. The molecule has 21 heavy (non-hydrogen) atoms. The lowest BCUT2D eigenvalue weighted by Crippen LogP contribution is -2.28. The van der Waals surface area contributed by atoms with Crippen LogP contribution in [-0.2, 0) is 21.4 Å². The van der Waals surface area contributed by atoms with Crippen LogP contribution in [0.2, 0.25) is 0 Å². The quantitative estimate of drug-likeness (QED) is 0.820. The van der Waals surface area contributed by atoms with Crippen LogP contribution < -0.4 is 10.1 Å². The molecule has 0 bridgehead atoms. The van der Waals surface area contributed by atoms with Crippen molar-refractivity contribution in [3.8, 4) is 5.75 Å². The molecule has 0 saturated heterocycles. The molecular formula is C17H27NO3. The van der Waals surface area contributed by atoms with Gasteiger partial charge in [0.15, 0.2) is 0 Å². The lowest BCUT2D eigenvalue weighted by atomic mass is 9.83. The summed E-state index contributed by atoms with van der Waals surface area (Å²) in [5.41, 5.74) is 3.17. The summed E-state index contributed by atoms with van der Waals surface area (Å²) in [6.07, 6.45) is 0.317. The second-order valence-electron chi connectivity index (χ2n) is 6.27. The van der Waals surface area contributed by atoms with E-state index in [0.717, 1.165) is 22.4 Å². The van der Waals surface area contributed by atoms with Gasteiger partial charge in [0, 0.05) is 24.8 Å². The van der Waals surface area contributed by atoms with Gasteiger partial charge in [-0.25, -0.2) is 0 Å². The van der Waals surface area contributed by atoms with Gasteiger partial charge >= 0.3 is 0 Å². The van der Waals surface area contributed by atoms with Gasteiger partial charge in [0.05, 0.1) is 20.1 Å². The van der Waals surface area contributed by atoms with Gasteiger partial charge in [0.2, 0.25) is 5.91 Å². The normalized spacial score (nSPS) is 11.3. The average molecular weight is 293 g/mol. The molecule has 0 fully saturated rings. The van der Waals surface area contributed by atoms with Crippen molar-refractivity contribution in [3.05, 3.63) is 28.8 Å². The molecule has 0 atom stereocenters. The zero-order valence-electron chi connectivity index (χ0n) is 14.0. The van der Waals surface area contributed by atoms with Gasteiger partial charge < -0.3 is 14.8 Å². The highest BCUT2D eigenvalue weighted by Gasteiger charge is 2.22. The molecule has 0 aromatic heterocycles. The fraction of sp³-hybridized carbons (Fsp3) is 0.588. The fourth-order valence-corrected chi connectivity index (χ4v) is 2.31. The van der Waals surface area contributed by atoms with Crippen LogP contribution in [0.1, 0.15) is 37.5 Å². The first-order valence-corrected chi connectivity index (χ1v) is 7.23. The van der Waals surface area contributed by atoms with Crippen molar-refractivity contribution in [2.75, 3.05) is 27.4 Å². The standard InChI is InChI=1S/C17H27NO3/c1-12-9-13(11-15(19)18-7-8-20-5)16(21-6)14(10-12)17(2,3)4/h9-10H,7-8,11H2,1-6H3,(H,18,19). The van der Waals surface area contributed by atoms with Crippen LogP contribution in [0.3, 0.4) is 0 Å². The van der Waals surface area contributed by atoms with E-state index in [1.165, 1.54) is 0 Å². The molecule has 118 valence electrons. The molecule has 4 nitrogen and oxygen atoms in total. The first-order chi connectivity index (χ1) is 9.79. The summed E-state index contributed by atoms with van der Waals surface area (Å²) in [5.74, 6) is 0.797. The Kier molecular flexibility index (Phi) is 6.21. The number of benzene rings is 1. The number of hydrogen-bond acceptors (Lipinski definition) is 3. The Morgan fingerprint density at radius 1 is 1.24 bits per heavy atom. The van der Waals surface area contributed by atoms with E-state index in [-0.39, 0.29) is 11.3 Å². The molecule has 0 spiro atoms. The third-order valence-corrected chi connectivity index (χ3v) is 3.30. The monoisotopic (exact) mass is 293 g/mol. The number of hydrogen-bond donors (Lipinski definition) is 1. The van der Waals surface area contributed by atoms with Crippen LogP contribution in [0.4, 0.5) is 0 Å². The van der Waals surface area contributed by atoms with Crippen LogP contribution in [0.15, 0.2) is 12.1 Å².